The standard InChI is InChI=1S/C15H28N2O3/c1-5-13(18)17-8-11(7-14(19)20)6-12(9-17)16-10-15(2,3)4/h11-12,16H,5-10H2,1-4H3,(H,19,20). The fourth-order valence-electron chi connectivity index (χ4n) is 2.62. The highest BCUT2D eigenvalue weighted by Crippen LogP contribution is 2.22. The molecule has 2 atom stereocenters. The second kappa shape index (κ2) is 7.07. The lowest BCUT2D eigenvalue weighted by molar-refractivity contribution is -0.141. The smallest absolute Gasteiger partial charge is 0.303 e. The molecule has 0 aromatic rings. The molecule has 116 valence electrons. The van der Waals surface area contributed by atoms with Gasteiger partial charge in [0.1, 0.15) is 0 Å². The Morgan fingerprint density at radius 2 is 1.95 bits per heavy atom. The van der Waals surface area contributed by atoms with Gasteiger partial charge in [-0.15, -0.1) is 0 Å². The number of rotatable bonds is 5. The highest BCUT2D eigenvalue weighted by molar-refractivity contribution is 5.76. The molecule has 0 spiro atoms. The van der Waals surface area contributed by atoms with E-state index in [0.717, 1.165) is 13.0 Å². The average molecular weight is 284 g/mol. The van der Waals surface area contributed by atoms with Crippen LogP contribution < -0.4 is 5.32 Å². The van der Waals surface area contributed by atoms with Crippen molar-refractivity contribution in [1.82, 2.24) is 10.2 Å². The number of carbonyl (C=O) groups excluding carboxylic acids is 1. The van der Waals surface area contributed by atoms with Crippen molar-refractivity contribution in [2.75, 3.05) is 19.6 Å². The fourth-order valence-corrected chi connectivity index (χ4v) is 2.62. The SMILES string of the molecule is CCC(=O)N1CC(CC(=O)O)CC(NCC(C)(C)C)C1. The average Bonchev–Trinajstić information content (AvgIpc) is 2.33. The summed E-state index contributed by atoms with van der Waals surface area (Å²) in [5.41, 5.74) is 0.180. The molecule has 2 unspecified atom stereocenters. The number of piperidine rings is 1. The molecule has 2 N–H and O–H groups in total. The van der Waals surface area contributed by atoms with Gasteiger partial charge in [-0.25, -0.2) is 0 Å². The van der Waals surface area contributed by atoms with Gasteiger partial charge in [0.05, 0.1) is 0 Å². The molecule has 1 heterocycles. The molecule has 1 saturated heterocycles. The maximum absolute atomic E-state index is 11.9. The number of hydrogen-bond donors (Lipinski definition) is 2. The van der Waals surface area contributed by atoms with E-state index in [0.29, 0.717) is 19.5 Å². The topological polar surface area (TPSA) is 69.6 Å². The number of carbonyl (C=O) groups is 2. The Bertz CT molecular complexity index is 350. The number of aliphatic carboxylic acids is 1. The number of likely N-dealkylation sites (tertiary alicyclic amines) is 1. The minimum absolute atomic E-state index is 0.0502. The number of carboxylic acid groups (broad SMARTS) is 1. The van der Waals surface area contributed by atoms with Crippen LogP contribution in [0.15, 0.2) is 0 Å². The van der Waals surface area contributed by atoms with E-state index in [9.17, 15) is 9.59 Å². The van der Waals surface area contributed by atoms with Crippen LogP contribution in [0.4, 0.5) is 0 Å². The van der Waals surface area contributed by atoms with Crippen molar-refractivity contribution in [3.63, 3.8) is 0 Å². The zero-order valence-electron chi connectivity index (χ0n) is 13.1. The second-order valence-electron chi connectivity index (χ2n) is 6.99. The van der Waals surface area contributed by atoms with Gasteiger partial charge < -0.3 is 15.3 Å². The number of nitrogens with one attached hydrogen (secondary N) is 1. The molecule has 5 nitrogen and oxygen atoms in total. The number of hydrogen-bond acceptors (Lipinski definition) is 3. The minimum atomic E-state index is -0.782. The van der Waals surface area contributed by atoms with Crippen molar-refractivity contribution >= 4 is 11.9 Å². The van der Waals surface area contributed by atoms with Crippen LogP contribution in [0.1, 0.15) is 47.0 Å². The number of amides is 1. The Morgan fingerprint density at radius 1 is 1.30 bits per heavy atom. The molecule has 1 amide bonds. The minimum Gasteiger partial charge on any atom is -0.481 e. The van der Waals surface area contributed by atoms with E-state index < -0.39 is 5.97 Å². The normalized spacial score (nSPS) is 23.7. The molecular formula is C15H28N2O3. The summed E-state index contributed by atoms with van der Waals surface area (Å²) >= 11 is 0. The quantitative estimate of drug-likeness (QED) is 0.806. The van der Waals surface area contributed by atoms with Crippen molar-refractivity contribution in [3.05, 3.63) is 0 Å². The van der Waals surface area contributed by atoms with E-state index >= 15 is 0 Å². The van der Waals surface area contributed by atoms with Crippen LogP contribution in [-0.4, -0.2) is 47.6 Å². The van der Waals surface area contributed by atoms with Gasteiger partial charge in [0.25, 0.3) is 0 Å². The molecule has 1 aliphatic heterocycles. The second-order valence-corrected chi connectivity index (χ2v) is 6.99. The van der Waals surface area contributed by atoms with Gasteiger partial charge in [0.2, 0.25) is 5.91 Å². The van der Waals surface area contributed by atoms with E-state index in [1.54, 1.807) is 0 Å². The largest absolute Gasteiger partial charge is 0.481 e. The molecule has 20 heavy (non-hydrogen) atoms. The fraction of sp³-hybridized carbons (Fsp3) is 0.867. The Kier molecular flexibility index (Phi) is 5.99. The van der Waals surface area contributed by atoms with Crippen LogP contribution in [0.3, 0.4) is 0 Å². The van der Waals surface area contributed by atoms with Crippen LogP contribution in [0.25, 0.3) is 0 Å². The first kappa shape index (κ1) is 17.0. The summed E-state index contributed by atoms with van der Waals surface area (Å²) in [6.45, 7) is 10.5. The van der Waals surface area contributed by atoms with Gasteiger partial charge in [-0.1, -0.05) is 27.7 Å². The number of carboxylic acids is 1. The molecule has 0 saturated carbocycles. The molecule has 0 aromatic heterocycles. The van der Waals surface area contributed by atoms with Crippen molar-refractivity contribution in [2.24, 2.45) is 11.3 Å². The van der Waals surface area contributed by atoms with Gasteiger partial charge in [-0.05, 0) is 17.8 Å². The zero-order valence-corrected chi connectivity index (χ0v) is 13.1. The Balaban J connectivity index is 2.64. The van der Waals surface area contributed by atoms with E-state index in [1.165, 1.54) is 0 Å². The summed E-state index contributed by atoms with van der Waals surface area (Å²) < 4.78 is 0. The molecule has 0 aliphatic carbocycles. The molecule has 1 aliphatic rings. The molecule has 1 rings (SSSR count). The Labute approximate surface area is 121 Å². The van der Waals surface area contributed by atoms with Gasteiger partial charge in [-0.3, -0.25) is 9.59 Å². The van der Waals surface area contributed by atoms with E-state index in [4.69, 9.17) is 5.11 Å². The van der Waals surface area contributed by atoms with Crippen LogP contribution >= 0.6 is 0 Å². The summed E-state index contributed by atoms with van der Waals surface area (Å²) in [6.07, 6.45) is 1.45. The third-order valence-corrected chi connectivity index (χ3v) is 3.58. The van der Waals surface area contributed by atoms with Gasteiger partial charge >= 0.3 is 5.97 Å². The molecular weight excluding hydrogens is 256 g/mol. The lowest BCUT2D eigenvalue weighted by Gasteiger charge is -2.38. The van der Waals surface area contributed by atoms with Crippen LogP contribution in [0, 0.1) is 11.3 Å². The van der Waals surface area contributed by atoms with Gasteiger partial charge in [-0.2, -0.15) is 0 Å². The third kappa shape index (κ3) is 5.90. The van der Waals surface area contributed by atoms with E-state index in [-0.39, 0.29) is 29.7 Å². The predicted octanol–water partition coefficient (Wildman–Crippen LogP) is 1.72. The Morgan fingerprint density at radius 3 is 2.45 bits per heavy atom. The summed E-state index contributed by atoms with van der Waals surface area (Å²) in [4.78, 5) is 24.6. The van der Waals surface area contributed by atoms with Crippen LogP contribution in [0.5, 0.6) is 0 Å². The van der Waals surface area contributed by atoms with Crippen LogP contribution in [0.2, 0.25) is 0 Å². The lowest BCUT2D eigenvalue weighted by atomic mass is 9.90. The summed E-state index contributed by atoms with van der Waals surface area (Å²) in [6, 6.07) is 0.197. The van der Waals surface area contributed by atoms with Crippen molar-refractivity contribution in [2.45, 2.75) is 53.0 Å². The molecule has 1 fully saturated rings. The highest BCUT2D eigenvalue weighted by atomic mass is 16.4. The van der Waals surface area contributed by atoms with E-state index in [2.05, 4.69) is 26.1 Å². The highest BCUT2D eigenvalue weighted by Gasteiger charge is 2.30. The Hall–Kier alpha value is -1.10. The van der Waals surface area contributed by atoms with Crippen molar-refractivity contribution < 1.29 is 14.7 Å². The van der Waals surface area contributed by atoms with Crippen molar-refractivity contribution in [1.29, 1.82) is 0 Å². The summed E-state index contributed by atoms with van der Waals surface area (Å²) in [5, 5.41) is 12.5. The molecule has 5 heteroatoms. The lowest BCUT2D eigenvalue weighted by Crippen LogP contribution is -2.52. The van der Waals surface area contributed by atoms with Crippen LogP contribution in [-0.2, 0) is 9.59 Å². The molecule has 0 radical (unpaired) electrons. The first-order chi connectivity index (χ1) is 9.21. The van der Waals surface area contributed by atoms with Gasteiger partial charge in [0.15, 0.2) is 0 Å². The predicted molar refractivity (Wildman–Crippen MR) is 78.5 cm³/mol. The molecule has 0 bridgehead atoms. The zero-order chi connectivity index (χ0) is 15.3. The summed E-state index contributed by atoms with van der Waals surface area (Å²) in [7, 11) is 0. The summed E-state index contributed by atoms with van der Waals surface area (Å²) in [5.74, 6) is -0.618. The molecule has 0 aromatic carbocycles. The third-order valence-electron chi connectivity index (χ3n) is 3.58. The van der Waals surface area contributed by atoms with Crippen molar-refractivity contribution in [3.8, 4) is 0 Å². The van der Waals surface area contributed by atoms with E-state index in [1.807, 2.05) is 11.8 Å². The maximum Gasteiger partial charge on any atom is 0.303 e. The maximum atomic E-state index is 11.9. The van der Waals surface area contributed by atoms with Gasteiger partial charge in [0, 0.05) is 38.5 Å². The monoisotopic (exact) mass is 284 g/mol. The number of nitrogens with zero attached hydrogens (tertiary/aromatic N) is 1. The first-order valence-corrected chi connectivity index (χ1v) is 7.44. The first-order valence-electron chi connectivity index (χ1n) is 7.44.